The summed E-state index contributed by atoms with van der Waals surface area (Å²) in [6, 6.07) is 0. The van der Waals surface area contributed by atoms with Gasteiger partial charge in [-0.15, -0.1) is 0 Å². The minimum atomic E-state index is -0.355. The van der Waals surface area contributed by atoms with Crippen molar-refractivity contribution in [3.8, 4) is 0 Å². The van der Waals surface area contributed by atoms with Gasteiger partial charge < -0.3 is 9.47 Å². The van der Waals surface area contributed by atoms with Crippen molar-refractivity contribution < 1.29 is 14.3 Å². The summed E-state index contributed by atoms with van der Waals surface area (Å²) in [6.07, 6.45) is 14.1. The van der Waals surface area contributed by atoms with Crippen molar-refractivity contribution in [3.63, 3.8) is 0 Å². The lowest BCUT2D eigenvalue weighted by Crippen LogP contribution is -2.20. The van der Waals surface area contributed by atoms with Crippen LogP contribution in [0.15, 0.2) is 0 Å². The molecule has 0 aliphatic rings. The third-order valence-corrected chi connectivity index (χ3v) is 4.39. The van der Waals surface area contributed by atoms with Crippen LogP contribution < -0.4 is 0 Å². The van der Waals surface area contributed by atoms with Crippen LogP contribution in [-0.2, 0) is 14.3 Å². The number of halogens is 1. The summed E-state index contributed by atoms with van der Waals surface area (Å²) in [5.74, 6) is -0.113. The summed E-state index contributed by atoms with van der Waals surface area (Å²) >= 11 is 3.43. The van der Waals surface area contributed by atoms with E-state index in [4.69, 9.17) is 9.47 Å². The Hall–Kier alpha value is -0.0900. The SMILES string of the molecule is CCCCCCCCC(OC)OC(=O)CCCCCCCBr. The van der Waals surface area contributed by atoms with Crippen LogP contribution in [0.2, 0.25) is 0 Å². The summed E-state index contributed by atoms with van der Waals surface area (Å²) in [7, 11) is 1.62. The molecule has 0 saturated carbocycles. The first kappa shape index (κ1) is 21.9. The van der Waals surface area contributed by atoms with Gasteiger partial charge in [-0.2, -0.15) is 0 Å². The van der Waals surface area contributed by atoms with E-state index in [0.29, 0.717) is 6.42 Å². The molecule has 0 spiro atoms. The topological polar surface area (TPSA) is 35.5 Å². The molecule has 0 saturated heterocycles. The second-order valence-electron chi connectivity index (χ2n) is 5.92. The Balaban J connectivity index is 3.54. The van der Waals surface area contributed by atoms with E-state index in [2.05, 4.69) is 22.9 Å². The fraction of sp³-hybridized carbons (Fsp3) is 0.944. The van der Waals surface area contributed by atoms with Crippen molar-refractivity contribution in [1.82, 2.24) is 0 Å². The molecule has 4 heteroatoms. The Morgan fingerprint density at radius 2 is 1.50 bits per heavy atom. The Kier molecular flexibility index (Phi) is 17.2. The number of carbonyl (C=O) groups excluding carboxylic acids is 1. The summed E-state index contributed by atoms with van der Waals surface area (Å²) < 4.78 is 10.6. The second-order valence-corrected chi connectivity index (χ2v) is 6.71. The van der Waals surface area contributed by atoms with E-state index < -0.39 is 0 Å². The van der Waals surface area contributed by atoms with Gasteiger partial charge in [0.05, 0.1) is 0 Å². The van der Waals surface area contributed by atoms with Crippen molar-refractivity contribution in [1.29, 1.82) is 0 Å². The largest absolute Gasteiger partial charge is 0.436 e. The van der Waals surface area contributed by atoms with Crippen LogP contribution in [0.3, 0.4) is 0 Å². The predicted molar refractivity (Wildman–Crippen MR) is 96.4 cm³/mol. The average Bonchev–Trinajstić information content (AvgIpc) is 2.52. The van der Waals surface area contributed by atoms with Crippen molar-refractivity contribution >= 4 is 21.9 Å². The zero-order chi connectivity index (χ0) is 16.5. The van der Waals surface area contributed by atoms with Crippen LogP contribution in [0.5, 0.6) is 0 Å². The molecule has 0 aliphatic carbocycles. The lowest BCUT2D eigenvalue weighted by Gasteiger charge is -2.16. The molecule has 0 amide bonds. The monoisotopic (exact) mass is 378 g/mol. The number of ether oxygens (including phenoxy) is 2. The summed E-state index contributed by atoms with van der Waals surface area (Å²) in [4.78, 5) is 11.8. The van der Waals surface area contributed by atoms with Gasteiger partial charge in [0, 0.05) is 25.3 Å². The van der Waals surface area contributed by atoms with Crippen LogP contribution in [0, 0.1) is 0 Å². The highest BCUT2D eigenvalue weighted by atomic mass is 79.9. The number of alkyl halides is 1. The highest BCUT2D eigenvalue weighted by Gasteiger charge is 2.12. The predicted octanol–water partition coefficient (Wildman–Crippen LogP) is 5.99. The van der Waals surface area contributed by atoms with Gasteiger partial charge in [-0.05, 0) is 19.3 Å². The molecular weight excluding hydrogens is 344 g/mol. The molecule has 132 valence electrons. The molecule has 0 aliphatic heterocycles. The summed E-state index contributed by atoms with van der Waals surface area (Å²) in [6.45, 7) is 2.22. The lowest BCUT2D eigenvalue weighted by atomic mass is 10.1. The minimum absolute atomic E-state index is 0.113. The second kappa shape index (κ2) is 17.3. The third-order valence-electron chi connectivity index (χ3n) is 3.83. The van der Waals surface area contributed by atoms with E-state index in [9.17, 15) is 4.79 Å². The molecule has 3 nitrogen and oxygen atoms in total. The molecule has 0 aromatic rings. The Bertz CT molecular complexity index is 246. The summed E-state index contributed by atoms with van der Waals surface area (Å²) in [5.41, 5.74) is 0. The first-order valence-corrected chi connectivity index (χ1v) is 10.1. The first-order chi connectivity index (χ1) is 10.7. The minimum Gasteiger partial charge on any atom is -0.436 e. The molecule has 1 unspecified atom stereocenters. The molecule has 0 heterocycles. The fourth-order valence-electron chi connectivity index (χ4n) is 2.42. The number of hydrogen-bond donors (Lipinski definition) is 0. The van der Waals surface area contributed by atoms with Gasteiger partial charge in [0.2, 0.25) is 6.29 Å². The maximum absolute atomic E-state index is 11.8. The number of carbonyl (C=O) groups is 1. The van der Waals surface area contributed by atoms with Crippen molar-refractivity contribution in [3.05, 3.63) is 0 Å². The Morgan fingerprint density at radius 3 is 2.14 bits per heavy atom. The quantitative estimate of drug-likeness (QED) is 0.143. The molecule has 22 heavy (non-hydrogen) atoms. The maximum atomic E-state index is 11.8. The fourth-order valence-corrected chi connectivity index (χ4v) is 2.81. The molecule has 0 N–H and O–H groups in total. The molecule has 0 aromatic heterocycles. The smallest absolute Gasteiger partial charge is 0.308 e. The van der Waals surface area contributed by atoms with E-state index in [0.717, 1.165) is 31.0 Å². The van der Waals surface area contributed by atoms with Crippen LogP contribution in [0.4, 0.5) is 0 Å². The van der Waals surface area contributed by atoms with E-state index in [-0.39, 0.29) is 12.3 Å². The molecular formula is C18H35BrO3. The number of hydrogen-bond acceptors (Lipinski definition) is 3. The van der Waals surface area contributed by atoms with Gasteiger partial charge >= 0.3 is 5.97 Å². The average molecular weight is 379 g/mol. The first-order valence-electron chi connectivity index (χ1n) is 9.02. The Morgan fingerprint density at radius 1 is 0.909 bits per heavy atom. The van der Waals surface area contributed by atoms with E-state index >= 15 is 0 Å². The lowest BCUT2D eigenvalue weighted by molar-refractivity contribution is -0.174. The van der Waals surface area contributed by atoms with Crippen LogP contribution in [-0.4, -0.2) is 24.7 Å². The standard InChI is InChI=1S/C18H35BrO3/c1-3-4-5-6-9-12-15-18(21-2)22-17(20)14-11-8-7-10-13-16-19/h18H,3-16H2,1-2H3. The van der Waals surface area contributed by atoms with Gasteiger partial charge in [0.1, 0.15) is 0 Å². The van der Waals surface area contributed by atoms with Gasteiger partial charge in [0.25, 0.3) is 0 Å². The van der Waals surface area contributed by atoms with Gasteiger partial charge in [-0.25, -0.2) is 0 Å². The molecule has 0 rings (SSSR count). The van der Waals surface area contributed by atoms with Crippen LogP contribution in [0.25, 0.3) is 0 Å². The van der Waals surface area contributed by atoms with E-state index in [1.165, 1.54) is 51.4 Å². The van der Waals surface area contributed by atoms with Crippen molar-refractivity contribution in [2.24, 2.45) is 0 Å². The summed E-state index contributed by atoms with van der Waals surface area (Å²) in [5, 5.41) is 1.07. The normalized spacial score (nSPS) is 12.3. The Labute approximate surface area is 145 Å². The molecule has 0 bridgehead atoms. The van der Waals surface area contributed by atoms with Gasteiger partial charge in [-0.3, -0.25) is 4.79 Å². The van der Waals surface area contributed by atoms with Crippen molar-refractivity contribution in [2.45, 2.75) is 96.7 Å². The van der Waals surface area contributed by atoms with Gasteiger partial charge in [-0.1, -0.05) is 74.2 Å². The highest BCUT2D eigenvalue weighted by molar-refractivity contribution is 9.09. The van der Waals surface area contributed by atoms with E-state index in [1.807, 2.05) is 0 Å². The number of esters is 1. The molecule has 0 radical (unpaired) electrons. The zero-order valence-corrected chi connectivity index (χ0v) is 16.2. The van der Waals surface area contributed by atoms with Crippen LogP contribution >= 0.6 is 15.9 Å². The number of unbranched alkanes of at least 4 members (excludes halogenated alkanes) is 9. The highest BCUT2D eigenvalue weighted by Crippen LogP contribution is 2.13. The maximum Gasteiger partial charge on any atom is 0.308 e. The number of rotatable bonds is 16. The van der Waals surface area contributed by atoms with Crippen LogP contribution in [0.1, 0.15) is 90.4 Å². The molecule has 0 aromatic carbocycles. The molecule has 0 fully saturated rings. The van der Waals surface area contributed by atoms with E-state index in [1.54, 1.807) is 7.11 Å². The zero-order valence-electron chi connectivity index (χ0n) is 14.6. The number of methoxy groups -OCH3 is 1. The van der Waals surface area contributed by atoms with Gasteiger partial charge in [0.15, 0.2) is 0 Å². The third kappa shape index (κ3) is 14.8. The molecule has 1 atom stereocenters. The van der Waals surface area contributed by atoms with Crippen molar-refractivity contribution in [2.75, 3.05) is 12.4 Å².